The van der Waals surface area contributed by atoms with Gasteiger partial charge in [0.25, 0.3) is 0 Å². The van der Waals surface area contributed by atoms with E-state index in [0.29, 0.717) is 12.0 Å². The molecule has 0 saturated heterocycles. The second-order valence-corrected chi connectivity index (χ2v) is 4.80. The van der Waals surface area contributed by atoms with Crippen LogP contribution in [0.1, 0.15) is 24.1 Å². The van der Waals surface area contributed by atoms with Crippen molar-refractivity contribution in [3.63, 3.8) is 0 Å². The number of rotatable bonds is 1. The van der Waals surface area contributed by atoms with Crippen LogP contribution in [0.3, 0.4) is 0 Å². The van der Waals surface area contributed by atoms with E-state index in [1.54, 1.807) is 5.56 Å². The van der Waals surface area contributed by atoms with Gasteiger partial charge in [-0.3, -0.25) is 0 Å². The minimum Gasteiger partial charge on any atom is -0.313 e. The first-order valence-corrected chi connectivity index (χ1v) is 5.99. The summed E-state index contributed by atoms with van der Waals surface area (Å²) < 4.78 is 0. The predicted molar refractivity (Wildman–Crippen MR) is 68.6 cm³/mol. The molecule has 2 aromatic rings. The minimum absolute atomic E-state index is 0.527. The van der Waals surface area contributed by atoms with Crippen molar-refractivity contribution in [3.05, 3.63) is 47.5 Å². The van der Waals surface area contributed by atoms with Crippen molar-refractivity contribution in [2.75, 3.05) is 7.05 Å². The van der Waals surface area contributed by atoms with E-state index in [4.69, 9.17) is 0 Å². The van der Waals surface area contributed by atoms with Gasteiger partial charge in [0, 0.05) is 6.04 Å². The highest BCUT2D eigenvalue weighted by molar-refractivity contribution is 5.87. The van der Waals surface area contributed by atoms with Crippen molar-refractivity contribution in [2.45, 2.75) is 19.4 Å². The van der Waals surface area contributed by atoms with Crippen LogP contribution in [-0.2, 0) is 6.42 Å². The van der Waals surface area contributed by atoms with Crippen LogP contribution in [0.5, 0.6) is 0 Å². The second kappa shape index (κ2) is 3.60. The van der Waals surface area contributed by atoms with Gasteiger partial charge in [-0.1, -0.05) is 43.3 Å². The van der Waals surface area contributed by atoms with Crippen molar-refractivity contribution in [1.82, 2.24) is 5.32 Å². The normalized spacial score (nSPS) is 23.6. The Bertz CT molecular complexity index is 530. The zero-order chi connectivity index (χ0) is 11.1. The molecule has 16 heavy (non-hydrogen) atoms. The maximum atomic E-state index is 3.43. The highest BCUT2D eigenvalue weighted by atomic mass is 14.9. The predicted octanol–water partition coefficient (Wildman–Crippen LogP) is 3.29. The molecule has 0 aliphatic heterocycles. The lowest BCUT2D eigenvalue weighted by atomic mass is 10.00. The lowest BCUT2D eigenvalue weighted by Crippen LogP contribution is -2.19. The Labute approximate surface area is 96.5 Å². The molecular formula is C15H17N. The smallest absolute Gasteiger partial charge is 0.0349 e. The third-order valence-electron chi connectivity index (χ3n) is 3.82. The lowest BCUT2D eigenvalue weighted by Gasteiger charge is -2.15. The molecule has 2 aromatic carbocycles. The van der Waals surface area contributed by atoms with E-state index in [1.165, 1.54) is 22.8 Å². The SMILES string of the molecule is CNC1c2ccc3ccccc3c2CC1C. The Hall–Kier alpha value is -1.34. The Morgan fingerprint density at radius 2 is 1.94 bits per heavy atom. The van der Waals surface area contributed by atoms with E-state index in [0.717, 1.165) is 0 Å². The van der Waals surface area contributed by atoms with Crippen LogP contribution < -0.4 is 5.32 Å². The van der Waals surface area contributed by atoms with E-state index in [9.17, 15) is 0 Å². The van der Waals surface area contributed by atoms with Crippen LogP contribution in [0.15, 0.2) is 36.4 Å². The fraction of sp³-hybridized carbons (Fsp3) is 0.333. The summed E-state index contributed by atoms with van der Waals surface area (Å²) in [6.07, 6.45) is 1.20. The van der Waals surface area contributed by atoms with Crippen molar-refractivity contribution in [3.8, 4) is 0 Å². The number of nitrogens with one attached hydrogen (secondary N) is 1. The monoisotopic (exact) mass is 211 g/mol. The van der Waals surface area contributed by atoms with Crippen molar-refractivity contribution >= 4 is 10.8 Å². The molecule has 1 N–H and O–H groups in total. The van der Waals surface area contributed by atoms with Gasteiger partial charge in [-0.15, -0.1) is 0 Å². The Morgan fingerprint density at radius 3 is 2.75 bits per heavy atom. The third kappa shape index (κ3) is 1.28. The molecule has 1 heteroatoms. The fourth-order valence-corrected chi connectivity index (χ4v) is 3.06. The Balaban J connectivity index is 2.26. The van der Waals surface area contributed by atoms with E-state index in [1.807, 2.05) is 0 Å². The van der Waals surface area contributed by atoms with Gasteiger partial charge < -0.3 is 5.32 Å². The van der Waals surface area contributed by atoms with Crippen molar-refractivity contribution in [2.24, 2.45) is 5.92 Å². The first-order chi connectivity index (χ1) is 7.81. The molecule has 0 heterocycles. The summed E-state index contributed by atoms with van der Waals surface area (Å²) in [7, 11) is 2.06. The molecule has 0 bridgehead atoms. The number of hydrogen-bond acceptors (Lipinski definition) is 1. The molecule has 1 aliphatic rings. The lowest BCUT2D eigenvalue weighted by molar-refractivity contribution is 0.447. The Morgan fingerprint density at radius 1 is 1.12 bits per heavy atom. The summed E-state index contributed by atoms with van der Waals surface area (Å²) in [4.78, 5) is 0. The largest absolute Gasteiger partial charge is 0.313 e. The molecule has 0 amide bonds. The first-order valence-electron chi connectivity index (χ1n) is 5.99. The zero-order valence-electron chi connectivity index (χ0n) is 9.83. The first kappa shape index (κ1) is 9.86. The van der Waals surface area contributed by atoms with Crippen LogP contribution in [0.4, 0.5) is 0 Å². The average Bonchev–Trinajstić information content (AvgIpc) is 2.65. The summed E-state index contributed by atoms with van der Waals surface area (Å²) in [6.45, 7) is 2.33. The molecule has 1 nitrogen and oxygen atoms in total. The quantitative estimate of drug-likeness (QED) is 0.763. The standard InChI is InChI=1S/C15H17N/c1-10-9-14-12-6-4-3-5-11(12)7-8-13(14)15(10)16-2/h3-8,10,15-16H,9H2,1-2H3. The molecule has 0 fully saturated rings. The van der Waals surface area contributed by atoms with Gasteiger partial charge in [0.1, 0.15) is 0 Å². The molecular weight excluding hydrogens is 194 g/mol. The maximum absolute atomic E-state index is 3.43. The Kier molecular flexibility index (Phi) is 2.22. The topological polar surface area (TPSA) is 12.0 Å². The molecule has 2 atom stereocenters. The van der Waals surface area contributed by atoms with Crippen LogP contribution >= 0.6 is 0 Å². The highest BCUT2D eigenvalue weighted by Gasteiger charge is 2.28. The molecule has 0 saturated carbocycles. The van der Waals surface area contributed by atoms with Gasteiger partial charge in [-0.05, 0) is 41.3 Å². The zero-order valence-corrected chi connectivity index (χ0v) is 9.83. The number of hydrogen-bond donors (Lipinski definition) is 1. The summed E-state index contributed by atoms with van der Waals surface area (Å²) in [5.74, 6) is 0.700. The summed E-state index contributed by atoms with van der Waals surface area (Å²) in [6, 6.07) is 13.8. The molecule has 1 aliphatic carbocycles. The molecule has 0 aromatic heterocycles. The molecule has 3 rings (SSSR count). The van der Waals surface area contributed by atoms with Crippen molar-refractivity contribution < 1.29 is 0 Å². The van der Waals surface area contributed by atoms with Crippen LogP contribution in [-0.4, -0.2) is 7.05 Å². The molecule has 0 spiro atoms. The van der Waals surface area contributed by atoms with Gasteiger partial charge in [0.2, 0.25) is 0 Å². The summed E-state index contributed by atoms with van der Waals surface area (Å²) >= 11 is 0. The van der Waals surface area contributed by atoms with Gasteiger partial charge >= 0.3 is 0 Å². The van der Waals surface area contributed by atoms with Crippen LogP contribution in [0.25, 0.3) is 10.8 Å². The minimum atomic E-state index is 0.527. The summed E-state index contributed by atoms with van der Waals surface area (Å²) in [5, 5.41) is 6.24. The molecule has 2 unspecified atom stereocenters. The van der Waals surface area contributed by atoms with Crippen LogP contribution in [0, 0.1) is 5.92 Å². The van der Waals surface area contributed by atoms with Crippen molar-refractivity contribution in [1.29, 1.82) is 0 Å². The fourth-order valence-electron chi connectivity index (χ4n) is 3.06. The van der Waals surface area contributed by atoms with Gasteiger partial charge in [-0.2, -0.15) is 0 Å². The van der Waals surface area contributed by atoms with Gasteiger partial charge in [0.05, 0.1) is 0 Å². The van der Waals surface area contributed by atoms with E-state index < -0.39 is 0 Å². The second-order valence-electron chi connectivity index (χ2n) is 4.80. The van der Waals surface area contributed by atoms with E-state index in [-0.39, 0.29) is 0 Å². The van der Waals surface area contributed by atoms with Gasteiger partial charge in [-0.25, -0.2) is 0 Å². The number of benzene rings is 2. The van der Waals surface area contributed by atoms with E-state index >= 15 is 0 Å². The van der Waals surface area contributed by atoms with Crippen LogP contribution in [0.2, 0.25) is 0 Å². The molecule has 0 radical (unpaired) electrons. The highest BCUT2D eigenvalue weighted by Crippen LogP contribution is 2.39. The molecule has 82 valence electrons. The van der Waals surface area contributed by atoms with E-state index in [2.05, 4.69) is 55.7 Å². The third-order valence-corrected chi connectivity index (χ3v) is 3.82. The maximum Gasteiger partial charge on any atom is 0.0349 e. The number of fused-ring (bicyclic) bond motifs is 3. The summed E-state index contributed by atoms with van der Waals surface area (Å²) in [5.41, 5.74) is 3.04. The van der Waals surface area contributed by atoms with Gasteiger partial charge in [0.15, 0.2) is 0 Å². The average molecular weight is 211 g/mol.